The third kappa shape index (κ3) is 4.44. The van der Waals surface area contributed by atoms with E-state index in [-0.39, 0.29) is 5.75 Å². The van der Waals surface area contributed by atoms with Crippen molar-refractivity contribution in [1.82, 2.24) is 10.4 Å². The number of phenolic OH excluding ortho intramolecular Hbond substituents is 1. The van der Waals surface area contributed by atoms with Gasteiger partial charge < -0.3 is 9.84 Å². The summed E-state index contributed by atoms with van der Waals surface area (Å²) in [5.74, 6) is 1.30. The summed E-state index contributed by atoms with van der Waals surface area (Å²) < 4.78 is 5.42. The maximum Gasteiger partial charge on any atom is 0.173 e. The van der Waals surface area contributed by atoms with Gasteiger partial charge in [-0.25, -0.2) is 9.98 Å². The number of nitrogens with one attached hydrogen (secondary N) is 1. The molecule has 6 nitrogen and oxygen atoms in total. The smallest absolute Gasteiger partial charge is 0.173 e. The van der Waals surface area contributed by atoms with Crippen LogP contribution in [0.1, 0.15) is 11.3 Å². The quantitative estimate of drug-likeness (QED) is 0.292. The van der Waals surface area contributed by atoms with Crippen LogP contribution in [0.3, 0.4) is 0 Å². The number of hydrogen-bond acceptors (Lipinski definition) is 5. The predicted octanol–water partition coefficient (Wildman–Crippen LogP) is 4.65. The average Bonchev–Trinajstić information content (AvgIpc) is 2.78. The van der Waals surface area contributed by atoms with E-state index in [9.17, 15) is 5.11 Å². The fourth-order valence-electron chi connectivity index (χ4n) is 2.95. The molecule has 148 valence electrons. The summed E-state index contributed by atoms with van der Waals surface area (Å²) in [6, 6.07) is 26.1. The Labute approximate surface area is 174 Å². The highest BCUT2D eigenvalue weighted by Crippen LogP contribution is 2.27. The van der Waals surface area contributed by atoms with E-state index in [0.29, 0.717) is 23.0 Å². The van der Waals surface area contributed by atoms with Gasteiger partial charge in [-0.05, 0) is 42.0 Å². The highest BCUT2D eigenvalue weighted by Gasteiger charge is 2.09. The first-order valence-corrected chi connectivity index (χ1v) is 9.39. The predicted molar refractivity (Wildman–Crippen MR) is 120 cm³/mol. The maximum atomic E-state index is 9.62. The Morgan fingerprint density at radius 3 is 2.67 bits per heavy atom. The molecular formula is C24H20N4O2. The number of fused-ring (bicyclic) bond motifs is 1. The number of amidine groups is 1. The first-order valence-electron chi connectivity index (χ1n) is 9.39. The molecule has 0 aliphatic heterocycles. The van der Waals surface area contributed by atoms with Crippen LogP contribution in [-0.4, -0.2) is 29.3 Å². The fourth-order valence-corrected chi connectivity index (χ4v) is 2.95. The fraction of sp³-hybridized carbons (Fsp3) is 0.0417. The van der Waals surface area contributed by atoms with Crippen LogP contribution >= 0.6 is 0 Å². The van der Waals surface area contributed by atoms with E-state index in [4.69, 9.17) is 14.7 Å². The number of aliphatic imine (C=N–C) groups is 1. The minimum atomic E-state index is 0.179. The number of phenols is 1. The molecule has 0 atom stereocenters. The molecule has 0 fully saturated rings. The van der Waals surface area contributed by atoms with Crippen LogP contribution in [0.15, 0.2) is 95.0 Å². The molecule has 0 radical (unpaired) electrons. The van der Waals surface area contributed by atoms with Gasteiger partial charge in [-0.3, -0.25) is 5.43 Å². The highest BCUT2D eigenvalue weighted by molar-refractivity contribution is 6.01. The van der Waals surface area contributed by atoms with Crippen molar-refractivity contribution in [1.29, 1.82) is 0 Å². The average molecular weight is 396 g/mol. The van der Waals surface area contributed by atoms with E-state index in [1.165, 1.54) is 0 Å². The van der Waals surface area contributed by atoms with E-state index >= 15 is 0 Å². The molecule has 30 heavy (non-hydrogen) atoms. The number of hydrazone groups is 1. The molecule has 0 bridgehead atoms. The van der Waals surface area contributed by atoms with Crippen molar-refractivity contribution >= 4 is 28.6 Å². The standard InChI is InChI=1S/C24H20N4O2/c1-30-23-12-5-4-11-21(23)27-24(28-25-16-17-7-6-9-19(29)15-17)22-14-13-18-8-2-3-10-20(18)26-22/h2-16,29H,1H3,(H,27,28). The van der Waals surface area contributed by atoms with Gasteiger partial charge in [0.05, 0.1) is 18.8 Å². The van der Waals surface area contributed by atoms with Crippen LogP contribution in [0, 0.1) is 0 Å². The number of aromatic hydroxyl groups is 1. The summed E-state index contributed by atoms with van der Waals surface area (Å²) in [5.41, 5.74) is 5.91. The van der Waals surface area contributed by atoms with Crippen LogP contribution in [0.25, 0.3) is 10.9 Å². The zero-order valence-corrected chi connectivity index (χ0v) is 16.4. The molecule has 4 rings (SSSR count). The van der Waals surface area contributed by atoms with E-state index in [0.717, 1.165) is 16.5 Å². The van der Waals surface area contributed by atoms with E-state index in [1.807, 2.05) is 66.7 Å². The monoisotopic (exact) mass is 396 g/mol. The molecule has 6 heteroatoms. The number of para-hydroxylation sites is 3. The van der Waals surface area contributed by atoms with Crippen molar-refractivity contribution in [3.8, 4) is 11.5 Å². The number of rotatable bonds is 5. The molecule has 0 aliphatic rings. The molecule has 0 amide bonds. The van der Waals surface area contributed by atoms with E-state index < -0.39 is 0 Å². The molecule has 2 N–H and O–H groups in total. The minimum Gasteiger partial charge on any atom is -0.508 e. The number of methoxy groups -OCH3 is 1. The van der Waals surface area contributed by atoms with Gasteiger partial charge in [-0.2, -0.15) is 5.10 Å². The molecule has 3 aromatic carbocycles. The van der Waals surface area contributed by atoms with Crippen molar-refractivity contribution < 1.29 is 9.84 Å². The molecule has 1 heterocycles. The molecule has 0 saturated carbocycles. The number of pyridine rings is 1. The number of aromatic nitrogens is 1. The van der Waals surface area contributed by atoms with Crippen molar-refractivity contribution in [3.05, 3.63) is 96.2 Å². The highest BCUT2D eigenvalue weighted by atomic mass is 16.5. The summed E-state index contributed by atoms with van der Waals surface area (Å²) >= 11 is 0. The van der Waals surface area contributed by atoms with Crippen LogP contribution in [0.2, 0.25) is 0 Å². The second-order valence-corrected chi connectivity index (χ2v) is 6.49. The van der Waals surface area contributed by atoms with Crippen LogP contribution < -0.4 is 10.2 Å². The second-order valence-electron chi connectivity index (χ2n) is 6.49. The van der Waals surface area contributed by atoms with Gasteiger partial charge in [0.25, 0.3) is 0 Å². The zero-order valence-electron chi connectivity index (χ0n) is 16.4. The number of nitrogens with zero attached hydrogens (tertiary/aromatic N) is 3. The van der Waals surface area contributed by atoms with Crippen LogP contribution in [0.4, 0.5) is 5.69 Å². The normalized spacial score (nSPS) is 11.7. The summed E-state index contributed by atoms with van der Waals surface area (Å²) in [5, 5.41) is 15.0. The summed E-state index contributed by atoms with van der Waals surface area (Å²) in [6.45, 7) is 0. The molecule has 0 saturated heterocycles. The lowest BCUT2D eigenvalue weighted by molar-refractivity contribution is 0.416. The number of hydrogen-bond donors (Lipinski definition) is 2. The van der Waals surface area contributed by atoms with Gasteiger partial charge in [-0.1, -0.05) is 48.5 Å². The second kappa shape index (κ2) is 8.87. The van der Waals surface area contributed by atoms with Gasteiger partial charge in [-0.15, -0.1) is 0 Å². The van der Waals surface area contributed by atoms with Crippen LogP contribution in [0.5, 0.6) is 11.5 Å². The lowest BCUT2D eigenvalue weighted by atomic mass is 10.2. The summed E-state index contributed by atoms with van der Waals surface area (Å²) in [6.07, 6.45) is 1.61. The third-order valence-corrected chi connectivity index (χ3v) is 4.41. The lowest BCUT2D eigenvalue weighted by Gasteiger charge is -2.09. The molecule has 0 aliphatic carbocycles. The Kier molecular flexibility index (Phi) is 5.66. The third-order valence-electron chi connectivity index (χ3n) is 4.41. The van der Waals surface area contributed by atoms with E-state index in [2.05, 4.69) is 10.5 Å². The Hall–Kier alpha value is -4.19. The topological polar surface area (TPSA) is 79.1 Å². The van der Waals surface area contributed by atoms with Gasteiger partial charge in [0, 0.05) is 5.39 Å². The van der Waals surface area contributed by atoms with Gasteiger partial charge in [0.2, 0.25) is 0 Å². The van der Waals surface area contributed by atoms with Crippen molar-refractivity contribution in [2.45, 2.75) is 0 Å². The Balaban J connectivity index is 1.72. The molecule has 0 unspecified atom stereocenters. The Morgan fingerprint density at radius 1 is 0.967 bits per heavy atom. The van der Waals surface area contributed by atoms with Crippen LogP contribution in [-0.2, 0) is 0 Å². The van der Waals surface area contributed by atoms with Gasteiger partial charge in [0.15, 0.2) is 5.84 Å². The summed E-state index contributed by atoms with van der Waals surface area (Å²) in [7, 11) is 1.61. The number of ether oxygens (including phenoxy) is 1. The van der Waals surface area contributed by atoms with Gasteiger partial charge >= 0.3 is 0 Å². The molecular weight excluding hydrogens is 376 g/mol. The maximum absolute atomic E-state index is 9.62. The van der Waals surface area contributed by atoms with Crippen molar-refractivity contribution in [3.63, 3.8) is 0 Å². The Morgan fingerprint density at radius 2 is 1.80 bits per heavy atom. The minimum absolute atomic E-state index is 0.179. The lowest BCUT2D eigenvalue weighted by Crippen LogP contribution is -2.20. The SMILES string of the molecule is COc1ccccc1N=C(NN=Cc1cccc(O)c1)c1ccc2ccccc2n1. The number of benzene rings is 3. The molecule has 0 spiro atoms. The zero-order chi connectivity index (χ0) is 20.8. The van der Waals surface area contributed by atoms with Crippen molar-refractivity contribution in [2.75, 3.05) is 7.11 Å². The van der Waals surface area contributed by atoms with Crippen molar-refractivity contribution in [2.24, 2.45) is 10.1 Å². The first kappa shape index (κ1) is 19.1. The Bertz CT molecular complexity index is 1230. The van der Waals surface area contributed by atoms with E-state index in [1.54, 1.807) is 31.5 Å². The largest absolute Gasteiger partial charge is 0.508 e. The first-order chi connectivity index (χ1) is 14.7. The van der Waals surface area contributed by atoms with Gasteiger partial charge in [0.1, 0.15) is 22.9 Å². The molecule has 4 aromatic rings. The summed E-state index contributed by atoms with van der Waals surface area (Å²) in [4.78, 5) is 9.43. The molecule has 1 aromatic heterocycles.